The Hall–Kier alpha value is -2.06. The molecule has 112 valence electrons. The number of Topliss-reactive ketones (excluding diaryl/α,β-unsaturated/α-hetero) is 1. The van der Waals surface area contributed by atoms with Crippen LogP contribution in [0.3, 0.4) is 0 Å². The van der Waals surface area contributed by atoms with Gasteiger partial charge in [0.25, 0.3) is 0 Å². The molecule has 8 nitrogen and oxygen atoms in total. The third-order valence-electron chi connectivity index (χ3n) is 4.25. The quantitative estimate of drug-likeness (QED) is 0.446. The Morgan fingerprint density at radius 1 is 1.29 bits per heavy atom. The molecule has 2 heterocycles. The van der Waals surface area contributed by atoms with Crippen LogP contribution >= 0.6 is 0 Å². The standard InChI is InChI=1S/C13H12O8/c1-4(14)9-12(2,18)8-7(10(16)20-11(8)17)5-3-6(15)21-13(5,9)19/h8-9,18-19H,3H2,1-2H3/t8-,9-,12+,13+/m1/s1. The van der Waals surface area contributed by atoms with Gasteiger partial charge in [-0.1, -0.05) is 0 Å². The third kappa shape index (κ3) is 1.51. The maximum atomic E-state index is 11.9. The molecule has 2 N–H and O–H groups in total. The Balaban J connectivity index is 2.34. The second-order valence-electron chi connectivity index (χ2n) is 5.65. The van der Waals surface area contributed by atoms with E-state index in [-0.39, 0.29) is 11.1 Å². The largest absolute Gasteiger partial charge is 0.428 e. The normalized spacial score (nSPS) is 41.6. The Bertz CT molecular complexity index is 643. The highest BCUT2D eigenvalue weighted by atomic mass is 16.7. The van der Waals surface area contributed by atoms with Crippen molar-refractivity contribution in [3.63, 3.8) is 0 Å². The van der Waals surface area contributed by atoms with Gasteiger partial charge in [-0.2, -0.15) is 0 Å². The van der Waals surface area contributed by atoms with Crippen molar-refractivity contribution in [3.05, 3.63) is 11.1 Å². The Kier molecular flexibility index (Phi) is 2.50. The molecular formula is C13H12O8. The van der Waals surface area contributed by atoms with E-state index in [0.717, 1.165) is 13.8 Å². The van der Waals surface area contributed by atoms with Crippen LogP contribution in [0.4, 0.5) is 0 Å². The molecule has 0 aromatic heterocycles. The molecule has 0 aromatic carbocycles. The van der Waals surface area contributed by atoms with Gasteiger partial charge in [0.15, 0.2) is 0 Å². The fraction of sp³-hybridized carbons (Fsp3) is 0.538. The topological polar surface area (TPSA) is 127 Å². The minimum Gasteiger partial charge on any atom is -0.428 e. The van der Waals surface area contributed by atoms with Gasteiger partial charge in [0.2, 0.25) is 5.79 Å². The molecule has 0 saturated carbocycles. The predicted octanol–water partition coefficient (Wildman–Crippen LogP) is -1.41. The molecule has 0 radical (unpaired) electrons. The monoisotopic (exact) mass is 296 g/mol. The second-order valence-corrected chi connectivity index (χ2v) is 5.65. The molecule has 0 spiro atoms. The van der Waals surface area contributed by atoms with E-state index in [1.165, 1.54) is 0 Å². The number of hydrogen-bond donors (Lipinski definition) is 2. The lowest BCUT2D eigenvalue weighted by atomic mass is 9.63. The van der Waals surface area contributed by atoms with Crippen LogP contribution in [0.2, 0.25) is 0 Å². The zero-order chi connectivity index (χ0) is 15.7. The molecule has 0 unspecified atom stereocenters. The van der Waals surface area contributed by atoms with E-state index < -0.39 is 53.3 Å². The van der Waals surface area contributed by atoms with Crippen LogP contribution in [0.5, 0.6) is 0 Å². The number of fused-ring (bicyclic) bond motifs is 2. The van der Waals surface area contributed by atoms with Crippen LogP contribution in [0.1, 0.15) is 20.3 Å². The predicted molar refractivity (Wildman–Crippen MR) is 62.1 cm³/mol. The molecule has 0 bridgehead atoms. The van der Waals surface area contributed by atoms with Crippen LogP contribution in [0, 0.1) is 11.8 Å². The summed E-state index contributed by atoms with van der Waals surface area (Å²) in [5.74, 6) is -9.03. The summed E-state index contributed by atoms with van der Waals surface area (Å²) >= 11 is 0. The van der Waals surface area contributed by atoms with E-state index in [0.29, 0.717) is 0 Å². The minimum atomic E-state index is -2.43. The molecule has 1 aliphatic carbocycles. The first-order valence-corrected chi connectivity index (χ1v) is 6.27. The summed E-state index contributed by atoms with van der Waals surface area (Å²) in [6.07, 6.45) is -0.440. The molecular weight excluding hydrogens is 284 g/mol. The van der Waals surface area contributed by atoms with E-state index in [1.54, 1.807) is 0 Å². The van der Waals surface area contributed by atoms with Crippen LogP contribution in [-0.2, 0) is 28.7 Å². The average Bonchev–Trinajstić information content (AvgIpc) is 2.74. The van der Waals surface area contributed by atoms with E-state index in [9.17, 15) is 29.4 Å². The summed E-state index contributed by atoms with van der Waals surface area (Å²) in [6.45, 7) is 2.22. The van der Waals surface area contributed by atoms with Crippen molar-refractivity contribution in [2.75, 3.05) is 0 Å². The summed E-state index contributed by atoms with van der Waals surface area (Å²) in [7, 11) is 0. The molecule has 0 amide bonds. The van der Waals surface area contributed by atoms with Crippen molar-refractivity contribution >= 4 is 23.7 Å². The van der Waals surface area contributed by atoms with Crippen molar-refractivity contribution in [3.8, 4) is 0 Å². The fourth-order valence-electron chi connectivity index (χ4n) is 3.58. The molecule has 3 rings (SSSR count). The van der Waals surface area contributed by atoms with Gasteiger partial charge in [-0.05, 0) is 13.8 Å². The summed E-state index contributed by atoms with van der Waals surface area (Å²) in [5, 5.41) is 21.2. The highest BCUT2D eigenvalue weighted by Crippen LogP contribution is 2.54. The van der Waals surface area contributed by atoms with E-state index >= 15 is 0 Å². The van der Waals surface area contributed by atoms with Crippen LogP contribution in [0.25, 0.3) is 0 Å². The van der Waals surface area contributed by atoms with Gasteiger partial charge in [-0.15, -0.1) is 0 Å². The first kappa shape index (κ1) is 13.9. The number of esters is 3. The molecule has 21 heavy (non-hydrogen) atoms. The average molecular weight is 296 g/mol. The zero-order valence-electron chi connectivity index (χ0n) is 11.2. The molecule has 4 atom stereocenters. The summed E-state index contributed by atoms with van der Waals surface area (Å²) in [4.78, 5) is 47.0. The molecule has 0 aromatic rings. The lowest BCUT2D eigenvalue weighted by Crippen LogP contribution is -2.62. The Labute approximate surface area is 118 Å². The van der Waals surface area contributed by atoms with Crippen molar-refractivity contribution in [1.82, 2.24) is 0 Å². The summed E-state index contributed by atoms with van der Waals surface area (Å²) < 4.78 is 9.29. The van der Waals surface area contributed by atoms with Crippen molar-refractivity contribution in [2.45, 2.75) is 31.7 Å². The van der Waals surface area contributed by atoms with Crippen LogP contribution < -0.4 is 0 Å². The smallest absolute Gasteiger partial charge is 0.342 e. The van der Waals surface area contributed by atoms with E-state index in [4.69, 9.17) is 4.74 Å². The van der Waals surface area contributed by atoms with Gasteiger partial charge in [0.1, 0.15) is 17.6 Å². The highest BCUT2D eigenvalue weighted by molar-refractivity contribution is 6.10. The highest BCUT2D eigenvalue weighted by Gasteiger charge is 2.70. The number of cyclic esters (lactones) is 2. The fourth-order valence-corrected chi connectivity index (χ4v) is 3.58. The number of rotatable bonds is 1. The van der Waals surface area contributed by atoms with E-state index in [2.05, 4.69) is 4.74 Å². The van der Waals surface area contributed by atoms with Gasteiger partial charge in [-0.3, -0.25) is 14.4 Å². The van der Waals surface area contributed by atoms with Crippen LogP contribution in [0.15, 0.2) is 11.1 Å². The van der Waals surface area contributed by atoms with Crippen molar-refractivity contribution in [2.24, 2.45) is 11.8 Å². The number of ether oxygens (including phenoxy) is 2. The summed E-state index contributed by atoms with van der Waals surface area (Å²) in [5.41, 5.74) is -2.59. The molecule has 2 saturated heterocycles. The summed E-state index contributed by atoms with van der Waals surface area (Å²) in [6, 6.07) is 0. The number of ketones is 1. The lowest BCUT2D eigenvalue weighted by molar-refractivity contribution is -0.230. The third-order valence-corrected chi connectivity index (χ3v) is 4.25. The van der Waals surface area contributed by atoms with E-state index in [1.807, 2.05) is 0 Å². The van der Waals surface area contributed by atoms with Gasteiger partial charge >= 0.3 is 17.9 Å². The number of carbonyl (C=O) groups excluding carboxylic acids is 4. The Morgan fingerprint density at radius 2 is 1.90 bits per heavy atom. The first-order valence-electron chi connectivity index (χ1n) is 6.27. The SMILES string of the molecule is CC(=O)[C@@H]1[C@@](C)(O)[C@H]2C(=O)OC(=O)C2=C2CC(=O)O[C@@]21O. The van der Waals surface area contributed by atoms with Gasteiger partial charge in [0, 0.05) is 5.57 Å². The lowest BCUT2D eigenvalue weighted by Gasteiger charge is -2.45. The van der Waals surface area contributed by atoms with Crippen molar-refractivity contribution < 1.29 is 38.9 Å². The minimum absolute atomic E-state index is 0.180. The molecule has 2 fully saturated rings. The van der Waals surface area contributed by atoms with Gasteiger partial charge in [-0.25, -0.2) is 4.79 Å². The van der Waals surface area contributed by atoms with Crippen molar-refractivity contribution in [1.29, 1.82) is 0 Å². The zero-order valence-corrected chi connectivity index (χ0v) is 11.2. The van der Waals surface area contributed by atoms with Gasteiger partial charge in [0.05, 0.1) is 17.6 Å². The number of carbonyl (C=O) groups is 4. The Morgan fingerprint density at radius 3 is 2.48 bits per heavy atom. The van der Waals surface area contributed by atoms with Gasteiger partial charge < -0.3 is 19.7 Å². The maximum absolute atomic E-state index is 11.9. The maximum Gasteiger partial charge on any atom is 0.342 e. The van der Waals surface area contributed by atoms with Crippen LogP contribution in [-0.4, -0.2) is 45.3 Å². The number of aliphatic hydroxyl groups is 2. The first-order chi connectivity index (χ1) is 9.60. The molecule has 3 aliphatic rings. The number of hydrogen-bond acceptors (Lipinski definition) is 8. The second kappa shape index (κ2) is 3.77. The molecule has 2 aliphatic heterocycles. The molecule has 8 heteroatoms.